The first-order chi connectivity index (χ1) is 23.9. The van der Waals surface area contributed by atoms with Crippen molar-refractivity contribution in [1.82, 2.24) is 19.4 Å². The molecule has 8 rings (SSSR count). The van der Waals surface area contributed by atoms with Crippen molar-refractivity contribution in [2.24, 2.45) is 0 Å². The van der Waals surface area contributed by atoms with Gasteiger partial charge < -0.3 is 24.5 Å². The maximum atomic E-state index is 12.9. The van der Waals surface area contributed by atoms with Crippen LogP contribution in [-0.2, 0) is 22.6 Å². The molecule has 250 valence electrons. The molecule has 3 unspecified atom stereocenters. The second-order valence-corrected chi connectivity index (χ2v) is 13.2. The Morgan fingerprint density at radius 3 is 2.06 bits per heavy atom. The lowest BCUT2D eigenvalue weighted by atomic mass is 9.98. The largest absolute Gasteiger partial charge is 0.392 e. The zero-order valence-electron chi connectivity index (χ0n) is 27.0. The molecule has 2 fully saturated rings. The Labute approximate surface area is 283 Å². The van der Waals surface area contributed by atoms with Crippen LogP contribution in [-0.4, -0.2) is 62.0 Å². The fourth-order valence-electron chi connectivity index (χ4n) is 7.46. The third-order valence-electron chi connectivity index (χ3n) is 10.1. The number of amides is 2. The monoisotopic (exact) mass is 658 g/mol. The number of likely N-dealkylation sites (tertiary alicyclic amines) is 1. The van der Waals surface area contributed by atoms with E-state index in [9.17, 15) is 19.5 Å². The smallest absolute Gasteiger partial charge is 0.326 e. The van der Waals surface area contributed by atoms with Crippen molar-refractivity contribution in [2.75, 3.05) is 19.6 Å². The van der Waals surface area contributed by atoms with Crippen molar-refractivity contribution in [1.29, 1.82) is 0 Å². The average molecular weight is 659 g/mol. The number of hydrogen-bond acceptors (Lipinski definition) is 7. The number of aromatic nitrogens is 2. The van der Waals surface area contributed by atoms with Gasteiger partial charge in [-0.05, 0) is 53.8 Å². The van der Waals surface area contributed by atoms with E-state index in [0.29, 0.717) is 17.5 Å². The molecule has 1 aromatic heterocycles. The molecule has 3 aliphatic heterocycles. The summed E-state index contributed by atoms with van der Waals surface area (Å²) in [6, 6.07) is 30.5. The van der Waals surface area contributed by atoms with Crippen LogP contribution in [0.25, 0.3) is 11.0 Å². The molecule has 4 aromatic carbocycles. The van der Waals surface area contributed by atoms with Gasteiger partial charge in [-0.15, -0.1) is 0 Å². The van der Waals surface area contributed by atoms with Gasteiger partial charge in [0.25, 0.3) is 11.8 Å². The van der Waals surface area contributed by atoms with Crippen molar-refractivity contribution >= 4 is 22.8 Å². The fourth-order valence-corrected chi connectivity index (χ4v) is 7.46. The van der Waals surface area contributed by atoms with E-state index in [4.69, 9.17) is 9.47 Å². The van der Waals surface area contributed by atoms with Crippen LogP contribution in [0.4, 0.5) is 0 Å². The van der Waals surface area contributed by atoms with Gasteiger partial charge >= 0.3 is 5.69 Å². The number of ether oxygens (including phenoxy) is 2. The number of nitrogens with zero attached hydrogens (tertiary/aromatic N) is 3. The van der Waals surface area contributed by atoms with Crippen LogP contribution in [0.15, 0.2) is 102 Å². The number of carbonyl (C=O) groups is 2. The highest BCUT2D eigenvalue weighted by Crippen LogP contribution is 2.39. The number of aliphatic hydroxyl groups is 1. The zero-order chi connectivity index (χ0) is 33.5. The Morgan fingerprint density at radius 2 is 1.37 bits per heavy atom. The van der Waals surface area contributed by atoms with Gasteiger partial charge in [0.15, 0.2) is 6.29 Å². The van der Waals surface area contributed by atoms with Crippen molar-refractivity contribution in [3.05, 3.63) is 141 Å². The summed E-state index contributed by atoms with van der Waals surface area (Å²) in [5.74, 6) is -0.557. The molecule has 0 bridgehead atoms. The minimum absolute atomic E-state index is 0.0200. The number of aliphatic hydroxyl groups excluding tert-OH is 1. The molecule has 10 nitrogen and oxygen atoms in total. The predicted molar refractivity (Wildman–Crippen MR) is 183 cm³/mol. The van der Waals surface area contributed by atoms with Gasteiger partial charge in [0.2, 0.25) is 0 Å². The molecule has 4 heterocycles. The molecule has 10 heteroatoms. The molecule has 0 spiro atoms. The average Bonchev–Trinajstić information content (AvgIpc) is 3.60. The highest BCUT2D eigenvalue weighted by Gasteiger charge is 2.36. The summed E-state index contributed by atoms with van der Waals surface area (Å²) in [6.07, 6.45) is 1.49. The Bertz CT molecular complexity index is 2010. The first kappa shape index (κ1) is 31.4. The van der Waals surface area contributed by atoms with Crippen LogP contribution >= 0.6 is 0 Å². The second-order valence-electron chi connectivity index (χ2n) is 13.2. The van der Waals surface area contributed by atoms with E-state index in [2.05, 4.69) is 9.88 Å². The standard InChI is InChI=1S/C39H38N4O6/c44-24-26-11-13-27(14-12-26)35-21-30(23-41-19-17-29(18-20-41)43-34-8-4-3-7-33(34)40-39(43)47)48-38(49-35)28-15-9-25(10-16-28)22-42-36(45)31-5-1-2-6-32(31)37(42)46/h1-16,29-30,35,38,44H,17-24H2,(H,40,47). The van der Waals surface area contributed by atoms with Crippen molar-refractivity contribution in [3.63, 3.8) is 0 Å². The predicted octanol–water partition coefficient (Wildman–Crippen LogP) is 5.50. The number of rotatable bonds is 8. The van der Waals surface area contributed by atoms with Gasteiger partial charge in [-0.25, -0.2) is 4.79 Å². The number of nitrogens with one attached hydrogen (secondary N) is 1. The third kappa shape index (κ3) is 6.13. The number of benzene rings is 4. The minimum atomic E-state index is -0.614. The molecule has 2 amide bonds. The van der Waals surface area contributed by atoms with Crippen molar-refractivity contribution in [2.45, 2.75) is 57.0 Å². The summed E-state index contributed by atoms with van der Waals surface area (Å²) in [5, 5.41) is 9.57. The summed E-state index contributed by atoms with van der Waals surface area (Å²) in [4.78, 5) is 45.3. The lowest BCUT2D eigenvalue weighted by Gasteiger charge is -2.40. The van der Waals surface area contributed by atoms with Gasteiger partial charge in [-0.3, -0.25) is 19.1 Å². The molecule has 2 N–H and O–H groups in total. The first-order valence-corrected chi connectivity index (χ1v) is 16.9. The highest BCUT2D eigenvalue weighted by atomic mass is 16.7. The molecular formula is C39H38N4O6. The molecular weight excluding hydrogens is 620 g/mol. The summed E-state index contributed by atoms with van der Waals surface area (Å²) < 4.78 is 15.1. The Kier molecular flexibility index (Phi) is 8.46. The maximum Gasteiger partial charge on any atom is 0.326 e. The van der Waals surface area contributed by atoms with E-state index in [1.54, 1.807) is 24.3 Å². The normalized spacial score (nSPS) is 21.8. The van der Waals surface area contributed by atoms with Crippen LogP contribution in [0, 0.1) is 0 Å². The SMILES string of the molecule is O=C1c2ccccc2C(=O)N1Cc1ccc(C2OC(CN3CCC(n4c(=O)[nH]c5ccccc54)CC3)CC(c3ccc(CO)cc3)O2)cc1. The summed E-state index contributed by atoms with van der Waals surface area (Å²) in [6.45, 7) is 2.60. The zero-order valence-corrected chi connectivity index (χ0v) is 27.0. The van der Waals surface area contributed by atoms with Crippen LogP contribution in [0.5, 0.6) is 0 Å². The molecule has 5 aromatic rings. The highest BCUT2D eigenvalue weighted by molar-refractivity contribution is 6.21. The molecule has 49 heavy (non-hydrogen) atoms. The number of H-pyrrole nitrogens is 1. The topological polar surface area (TPSA) is 117 Å². The van der Waals surface area contributed by atoms with E-state index < -0.39 is 6.29 Å². The van der Waals surface area contributed by atoms with Gasteiger partial charge in [-0.2, -0.15) is 0 Å². The molecule has 0 radical (unpaired) electrons. The van der Waals surface area contributed by atoms with Crippen molar-refractivity contribution in [3.8, 4) is 0 Å². The molecule has 2 saturated heterocycles. The number of fused-ring (bicyclic) bond motifs is 2. The minimum Gasteiger partial charge on any atom is -0.392 e. The number of aromatic amines is 1. The lowest BCUT2D eigenvalue weighted by molar-refractivity contribution is -0.253. The Morgan fingerprint density at radius 1 is 0.735 bits per heavy atom. The second kappa shape index (κ2) is 13.2. The molecule has 0 saturated carbocycles. The number of imidazole rings is 1. The number of hydrogen-bond donors (Lipinski definition) is 2. The van der Waals surface area contributed by atoms with Crippen LogP contribution in [0.2, 0.25) is 0 Å². The van der Waals surface area contributed by atoms with E-state index in [1.165, 1.54) is 4.90 Å². The van der Waals surface area contributed by atoms with E-state index >= 15 is 0 Å². The quantitative estimate of drug-likeness (QED) is 0.212. The maximum absolute atomic E-state index is 12.9. The van der Waals surface area contributed by atoms with E-state index in [1.807, 2.05) is 77.4 Å². The van der Waals surface area contributed by atoms with Gasteiger partial charge in [0, 0.05) is 37.7 Å². The first-order valence-electron chi connectivity index (χ1n) is 16.9. The van der Waals surface area contributed by atoms with Crippen LogP contribution < -0.4 is 5.69 Å². The number of para-hydroxylation sites is 2. The van der Waals surface area contributed by atoms with Crippen LogP contribution in [0.3, 0.4) is 0 Å². The third-order valence-corrected chi connectivity index (χ3v) is 10.1. The number of imide groups is 1. The molecule has 0 aliphatic carbocycles. The summed E-state index contributed by atoms with van der Waals surface area (Å²) in [7, 11) is 0. The summed E-state index contributed by atoms with van der Waals surface area (Å²) in [5.41, 5.74) is 6.19. The van der Waals surface area contributed by atoms with Gasteiger partial charge in [0.05, 0.1) is 47.5 Å². The van der Waals surface area contributed by atoms with E-state index in [-0.39, 0.29) is 48.9 Å². The van der Waals surface area contributed by atoms with Gasteiger partial charge in [0.1, 0.15) is 0 Å². The lowest BCUT2D eigenvalue weighted by Crippen LogP contribution is -2.43. The van der Waals surface area contributed by atoms with Crippen LogP contribution in [0.1, 0.15) is 80.7 Å². The van der Waals surface area contributed by atoms with Gasteiger partial charge in [-0.1, -0.05) is 72.8 Å². The van der Waals surface area contributed by atoms with E-state index in [0.717, 1.165) is 65.8 Å². The summed E-state index contributed by atoms with van der Waals surface area (Å²) >= 11 is 0. The Hall–Kier alpha value is -4.87. The number of carbonyl (C=O) groups excluding carboxylic acids is 2. The molecule has 3 atom stereocenters. The Balaban J connectivity index is 0.966. The molecule has 3 aliphatic rings. The fraction of sp³-hybridized carbons (Fsp3) is 0.308. The van der Waals surface area contributed by atoms with Crippen molar-refractivity contribution < 1.29 is 24.2 Å². The number of piperidine rings is 1.